The van der Waals surface area contributed by atoms with Crippen LogP contribution in [-0.4, -0.2) is 102 Å². The van der Waals surface area contributed by atoms with Crippen molar-refractivity contribution in [3.05, 3.63) is 131 Å². The number of rotatable bonds is 18. The van der Waals surface area contributed by atoms with Gasteiger partial charge in [0.15, 0.2) is 0 Å². The average molecular weight is 830 g/mol. The molecule has 1 unspecified atom stereocenters. The molecule has 0 aliphatic carbocycles. The molecule has 4 aromatic carbocycles. The number of halogens is 1. The molecule has 12 heteroatoms. The van der Waals surface area contributed by atoms with Crippen LogP contribution < -0.4 is 15.4 Å². The first-order chi connectivity index (χ1) is 29.3. The molecule has 0 bridgehead atoms. The third-order valence-corrected chi connectivity index (χ3v) is 11.7. The van der Waals surface area contributed by atoms with Crippen LogP contribution in [-0.2, 0) is 14.4 Å². The van der Waals surface area contributed by atoms with Crippen LogP contribution in [0.4, 0.5) is 5.69 Å². The number of hydrogen-bond donors (Lipinski definition) is 2. The number of ether oxygens (including phenoxy) is 1. The Morgan fingerprint density at radius 2 is 1.42 bits per heavy atom. The average Bonchev–Trinajstić information content (AvgIpc) is 3.53. The number of piperazine rings is 1. The molecule has 5 amide bonds. The molecule has 0 radical (unpaired) electrons. The van der Waals surface area contributed by atoms with Crippen molar-refractivity contribution in [2.75, 3.05) is 57.1 Å². The molecule has 2 fully saturated rings. The summed E-state index contributed by atoms with van der Waals surface area (Å²) in [5.41, 5.74) is 6.88. The molecule has 2 saturated heterocycles. The van der Waals surface area contributed by atoms with Crippen LogP contribution in [0.2, 0.25) is 0 Å². The number of benzene rings is 4. The summed E-state index contributed by atoms with van der Waals surface area (Å²) in [6, 6.07) is 33.3. The maximum atomic E-state index is 13.3. The van der Waals surface area contributed by atoms with Crippen LogP contribution in [0.3, 0.4) is 0 Å². The SMILES string of the molecule is O=C1CCC(N2C(=O)c3cccc(NCCCCCCC(=O)N4CCN(CCOc5ccc(C(=C(CCCl)c6ccccc6)c6ccccc6)cc5)CC4)c3C2=O)C(=O)N1. The summed E-state index contributed by atoms with van der Waals surface area (Å²) in [7, 11) is 0. The van der Waals surface area contributed by atoms with Gasteiger partial charge in [-0.25, -0.2) is 0 Å². The van der Waals surface area contributed by atoms with Gasteiger partial charge in [0.05, 0.1) is 11.1 Å². The topological polar surface area (TPSA) is 128 Å². The molecule has 1 atom stereocenters. The van der Waals surface area contributed by atoms with Crippen LogP contribution in [0.15, 0.2) is 103 Å². The zero-order valence-corrected chi connectivity index (χ0v) is 34.6. The maximum Gasteiger partial charge on any atom is 0.264 e. The maximum absolute atomic E-state index is 13.3. The van der Waals surface area contributed by atoms with Crippen LogP contribution in [0.5, 0.6) is 5.75 Å². The van der Waals surface area contributed by atoms with Gasteiger partial charge in [0.25, 0.3) is 11.8 Å². The first kappa shape index (κ1) is 42.3. The third kappa shape index (κ3) is 10.1. The highest BCUT2D eigenvalue weighted by Crippen LogP contribution is 2.36. The zero-order valence-electron chi connectivity index (χ0n) is 33.9. The third-order valence-electron chi connectivity index (χ3n) is 11.5. The highest BCUT2D eigenvalue weighted by Gasteiger charge is 2.45. The number of amides is 5. The highest BCUT2D eigenvalue weighted by molar-refractivity contribution is 6.25. The number of allylic oxidation sites excluding steroid dienone is 1. The molecule has 60 heavy (non-hydrogen) atoms. The standard InChI is InChI=1S/C48H52ClN5O6/c49-26-25-38(34-12-5-3-6-13-34)44(35-14-7-4-8-15-35)36-19-21-37(22-20-36)60-33-32-52-28-30-53(31-29-52)43(56)18-9-1-2-10-27-50-40-17-11-16-39-45(40)48(59)54(47(39)58)41-23-24-42(55)51-46(41)57/h3-8,11-17,19-22,41,50H,1-2,9-10,18,23-33H2,(H,51,55,57). The number of hydrogen-bond acceptors (Lipinski definition) is 8. The lowest BCUT2D eigenvalue weighted by Gasteiger charge is -2.34. The number of anilines is 1. The number of nitrogens with one attached hydrogen (secondary N) is 2. The summed E-state index contributed by atoms with van der Waals surface area (Å²) < 4.78 is 6.18. The van der Waals surface area contributed by atoms with Gasteiger partial charge in [-0.15, -0.1) is 11.6 Å². The fourth-order valence-corrected chi connectivity index (χ4v) is 8.49. The van der Waals surface area contributed by atoms with Crippen molar-refractivity contribution in [1.29, 1.82) is 0 Å². The second-order valence-electron chi connectivity index (χ2n) is 15.4. The van der Waals surface area contributed by atoms with Crippen LogP contribution in [0, 0.1) is 0 Å². The summed E-state index contributed by atoms with van der Waals surface area (Å²) in [5.74, 6) is -0.531. The lowest BCUT2D eigenvalue weighted by atomic mass is 9.88. The normalized spacial score (nSPS) is 17.3. The molecule has 3 heterocycles. The monoisotopic (exact) mass is 829 g/mol. The van der Waals surface area contributed by atoms with Gasteiger partial charge >= 0.3 is 0 Å². The van der Waals surface area contributed by atoms with E-state index in [1.807, 2.05) is 29.2 Å². The Kier molecular flexibility index (Phi) is 14.4. The molecule has 3 aliphatic rings. The van der Waals surface area contributed by atoms with Gasteiger partial charge in [0.1, 0.15) is 18.4 Å². The Bertz CT molecular complexity index is 2190. The Balaban J connectivity index is 0.799. The molecule has 2 N–H and O–H groups in total. The van der Waals surface area contributed by atoms with Gasteiger partial charge in [-0.3, -0.25) is 39.1 Å². The van der Waals surface area contributed by atoms with Gasteiger partial charge in [0, 0.05) is 63.7 Å². The van der Waals surface area contributed by atoms with E-state index in [0.717, 1.165) is 73.5 Å². The first-order valence-electron chi connectivity index (χ1n) is 21.0. The van der Waals surface area contributed by atoms with E-state index in [9.17, 15) is 24.0 Å². The van der Waals surface area contributed by atoms with E-state index in [1.54, 1.807) is 18.2 Å². The van der Waals surface area contributed by atoms with Crippen molar-refractivity contribution in [1.82, 2.24) is 20.0 Å². The number of unbranched alkanes of at least 4 members (excludes halogenated alkanes) is 3. The van der Waals surface area contributed by atoms with E-state index in [-0.39, 0.29) is 29.9 Å². The molecule has 0 aromatic heterocycles. The van der Waals surface area contributed by atoms with E-state index in [1.165, 1.54) is 16.7 Å². The fraction of sp³-hybridized carbons (Fsp3) is 0.354. The predicted molar refractivity (Wildman–Crippen MR) is 234 cm³/mol. The summed E-state index contributed by atoms with van der Waals surface area (Å²) in [6.45, 7) is 5.00. The molecular weight excluding hydrogens is 778 g/mol. The van der Waals surface area contributed by atoms with Gasteiger partial charge in [-0.2, -0.15) is 0 Å². The molecule has 7 rings (SSSR count). The minimum Gasteiger partial charge on any atom is -0.492 e. The van der Waals surface area contributed by atoms with E-state index in [0.29, 0.717) is 44.2 Å². The minimum atomic E-state index is -0.996. The highest BCUT2D eigenvalue weighted by atomic mass is 35.5. The van der Waals surface area contributed by atoms with Crippen molar-refractivity contribution in [3.8, 4) is 5.75 Å². The predicted octanol–water partition coefficient (Wildman–Crippen LogP) is 7.26. The van der Waals surface area contributed by atoms with Crippen molar-refractivity contribution in [2.24, 2.45) is 0 Å². The molecule has 11 nitrogen and oxygen atoms in total. The number of carbonyl (C=O) groups is 5. The van der Waals surface area contributed by atoms with Gasteiger partial charge in [-0.1, -0.05) is 91.7 Å². The first-order valence-corrected chi connectivity index (χ1v) is 21.6. The quantitative estimate of drug-likeness (QED) is 0.0465. The lowest BCUT2D eigenvalue weighted by Crippen LogP contribution is -2.54. The van der Waals surface area contributed by atoms with Crippen molar-refractivity contribution >= 4 is 58.0 Å². The van der Waals surface area contributed by atoms with Crippen molar-refractivity contribution in [3.63, 3.8) is 0 Å². The molecule has 4 aromatic rings. The number of nitrogens with zero attached hydrogens (tertiary/aromatic N) is 3. The Hall–Kier alpha value is -5.78. The molecule has 0 saturated carbocycles. The van der Waals surface area contributed by atoms with Gasteiger partial charge < -0.3 is 15.0 Å². The Morgan fingerprint density at radius 3 is 2.12 bits per heavy atom. The number of fused-ring (bicyclic) bond motifs is 1. The zero-order chi connectivity index (χ0) is 41.8. The Morgan fingerprint density at radius 1 is 0.733 bits per heavy atom. The van der Waals surface area contributed by atoms with Crippen LogP contribution in [0.1, 0.15) is 88.8 Å². The second kappa shape index (κ2) is 20.5. The second-order valence-corrected chi connectivity index (χ2v) is 15.8. The van der Waals surface area contributed by atoms with E-state index >= 15 is 0 Å². The Labute approximate surface area is 356 Å². The van der Waals surface area contributed by atoms with Gasteiger partial charge in [-0.05, 0) is 77.8 Å². The van der Waals surface area contributed by atoms with E-state index < -0.39 is 29.7 Å². The fourth-order valence-electron chi connectivity index (χ4n) is 8.30. The van der Waals surface area contributed by atoms with E-state index in [2.05, 4.69) is 76.2 Å². The van der Waals surface area contributed by atoms with E-state index in [4.69, 9.17) is 16.3 Å². The summed E-state index contributed by atoms with van der Waals surface area (Å²) in [5, 5.41) is 5.52. The largest absolute Gasteiger partial charge is 0.492 e. The molecule has 0 spiro atoms. The van der Waals surface area contributed by atoms with Crippen LogP contribution >= 0.6 is 11.6 Å². The smallest absolute Gasteiger partial charge is 0.264 e. The summed E-state index contributed by atoms with van der Waals surface area (Å²) in [4.78, 5) is 68.7. The number of carbonyl (C=O) groups excluding carboxylic acids is 5. The number of piperidine rings is 1. The van der Waals surface area contributed by atoms with Crippen molar-refractivity contribution < 1.29 is 28.7 Å². The van der Waals surface area contributed by atoms with Gasteiger partial charge in [0.2, 0.25) is 17.7 Å². The summed E-state index contributed by atoms with van der Waals surface area (Å²) >= 11 is 6.32. The van der Waals surface area contributed by atoms with Crippen LogP contribution in [0.25, 0.3) is 11.1 Å². The molecule has 3 aliphatic heterocycles. The minimum absolute atomic E-state index is 0.0773. The van der Waals surface area contributed by atoms with Crippen molar-refractivity contribution in [2.45, 2.75) is 57.4 Å². The molecular formula is C48H52ClN5O6. The number of imide groups is 2. The molecule has 312 valence electrons. The lowest BCUT2D eigenvalue weighted by molar-refractivity contribution is -0.136. The summed E-state index contributed by atoms with van der Waals surface area (Å²) in [6.07, 6.45) is 4.92. The number of alkyl halides is 1.